The summed E-state index contributed by atoms with van der Waals surface area (Å²) in [5.74, 6) is 0.679. The maximum absolute atomic E-state index is 11.4. The minimum atomic E-state index is -0.579. The van der Waals surface area contributed by atoms with Crippen molar-refractivity contribution in [3.63, 3.8) is 0 Å². The van der Waals surface area contributed by atoms with Gasteiger partial charge < -0.3 is 14.7 Å². The highest BCUT2D eigenvalue weighted by atomic mass is 16.5. The predicted octanol–water partition coefficient (Wildman–Crippen LogP) is 1.91. The molecule has 4 heteroatoms. The number of carbonyl (C=O) groups excluding carboxylic acids is 1. The Morgan fingerprint density at radius 1 is 1.44 bits per heavy atom. The first-order valence-corrected chi connectivity index (χ1v) is 6.03. The second-order valence-corrected chi connectivity index (χ2v) is 4.60. The van der Waals surface area contributed by atoms with Crippen molar-refractivity contribution < 1.29 is 14.6 Å². The first-order valence-electron chi connectivity index (χ1n) is 6.03. The number of carbonyl (C=O) groups is 1. The molecule has 4 nitrogen and oxygen atoms in total. The van der Waals surface area contributed by atoms with E-state index in [1.807, 2.05) is 25.1 Å². The number of ether oxygens (including phenoxy) is 1. The van der Waals surface area contributed by atoms with E-state index in [1.54, 1.807) is 21.0 Å². The monoisotopic (exact) mass is 251 g/mol. The van der Waals surface area contributed by atoms with Gasteiger partial charge in [0.25, 0.3) is 0 Å². The number of amides is 1. The Kier molecular flexibility index (Phi) is 5.16. The zero-order valence-electron chi connectivity index (χ0n) is 11.4. The van der Waals surface area contributed by atoms with E-state index in [0.717, 1.165) is 11.1 Å². The van der Waals surface area contributed by atoms with Crippen molar-refractivity contribution in [1.82, 2.24) is 4.90 Å². The fourth-order valence-electron chi connectivity index (χ4n) is 1.58. The number of aliphatic hydroxyl groups is 1. The van der Waals surface area contributed by atoms with E-state index < -0.39 is 6.10 Å². The van der Waals surface area contributed by atoms with Gasteiger partial charge in [0.1, 0.15) is 5.75 Å². The summed E-state index contributed by atoms with van der Waals surface area (Å²) in [6.45, 7) is 3.98. The number of nitrogens with zero attached hydrogens (tertiary/aromatic N) is 1. The zero-order chi connectivity index (χ0) is 13.7. The summed E-state index contributed by atoms with van der Waals surface area (Å²) >= 11 is 0. The predicted molar refractivity (Wildman–Crippen MR) is 70.6 cm³/mol. The molecule has 18 heavy (non-hydrogen) atoms. The second kappa shape index (κ2) is 6.40. The number of aryl methyl sites for hydroxylation is 1. The molecular formula is C14H21NO3. The molecule has 100 valence electrons. The van der Waals surface area contributed by atoms with Crippen LogP contribution in [0.15, 0.2) is 18.2 Å². The number of aliphatic hydroxyl groups excluding tert-OH is 1. The molecule has 0 bridgehead atoms. The van der Waals surface area contributed by atoms with Gasteiger partial charge in [0, 0.05) is 19.7 Å². The minimum Gasteiger partial charge on any atom is -0.493 e. The van der Waals surface area contributed by atoms with Gasteiger partial charge in [-0.05, 0) is 25.5 Å². The largest absolute Gasteiger partial charge is 0.493 e. The van der Waals surface area contributed by atoms with Gasteiger partial charge in [-0.25, -0.2) is 0 Å². The van der Waals surface area contributed by atoms with Crippen LogP contribution in [0.3, 0.4) is 0 Å². The smallest absolute Gasteiger partial charge is 0.225 e. The lowest BCUT2D eigenvalue weighted by Gasteiger charge is -2.15. The summed E-state index contributed by atoms with van der Waals surface area (Å²) in [6, 6.07) is 5.66. The van der Waals surface area contributed by atoms with Crippen LogP contribution in [0.25, 0.3) is 0 Å². The van der Waals surface area contributed by atoms with E-state index >= 15 is 0 Å². The highest BCUT2D eigenvalue weighted by Crippen LogP contribution is 2.26. The van der Waals surface area contributed by atoms with E-state index in [0.29, 0.717) is 18.8 Å². The molecule has 0 saturated heterocycles. The Morgan fingerprint density at radius 2 is 2.11 bits per heavy atom. The summed E-state index contributed by atoms with van der Waals surface area (Å²) in [7, 11) is 3.44. The topological polar surface area (TPSA) is 49.8 Å². The van der Waals surface area contributed by atoms with E-state index in [4.69, 9.17) is 4.74 Å². The molecule has 0 fully saturated rings. The highest BCUT2D eigenvalue weighted by Gasteiger charge is 2.10. The van der Waals surface area contributed by atoms with Crippen LogP contribution in [-0.2, 0) is 4.79 Å². The van der Waals surface area contributed by atoms with E-state index in [-0.39, 0.29) is 5.91 Å². The van der Waals surface area contributed by atoms with Crippen molar-refractivity contribution in [3.8, 4) is 5.75 Å². The molecule has 1 N–H and O–H groups in total. The lowest BCUT2D eigenvalue weighted by molar-refractivity contribution is -0.129. The van der Waals surface area contributed by atoms with E-state index in [1.165, 1.54) is 4.90 Å². The van der Waals surface area contributed by atoms with Gasteiger partial charge in [0.15, 0.2) is 0 Å². The summed E-state index contributed by atoms with van der Waals surface area (Å²) < 4.78 is 5.59. The van der Waals surface area contributed by atoms with Crippen molar-refractivity contribution in [2.75, 3.05) is 20.7 Å². The second-order valence-electron chi connectivity index (χ2n) is 4.60. The Labute approximate surface area is 108 Å². The standard InChI is InChI=1S/C14H21NO3/c1-10-5-6-12(11(2)16)13(9-10)18-8-7-14(17)15(3)4/h5-6,9,11,16H,7-8H2,1-4H3/t11-/m1/s1. The molecule has 1 amide bonds. The molecule has 0 aliphatic carbocycles. The number of benzene rings is 1. The van der Waals surface area contributed by atoms with Crippen molar-refractivity contribution >= 4 is 5.91 Å². The van der Waals surface area contributed by atoms with Crippen LogP contribution in [0.4, 0.5) is 0 Å². The molecule has 1 aromatic carbocycles. The van der Waals surface area contributed by atoms with Gasteiger partial charge in [0.2, 0.25) is 5.91 Å². The summed E-state index contributed by atoms with van der Waals surface area (Å²) in [5.41, 5.74) is 1.81. The van der Waals surface area contributed by atoms with Crippen LogP contribution in [0.1, 0.15) is 30.6 Å². The summed E-state index contributed by atoms with van der Waals surface area (Å²) in [4.78, 5) is 13.0. The fraction of sp³-hybridized carbons (Fsp3) is 0.500. The molecule has 1 atom stereocenters. The Balaban J connectivity index is 2.66. The molecule has 0 aliphatic rings. The van der Waals surface area contributed by atoms with Crippen LogP contribution in [0, 0.1) is 6.92 Å². The van der Waals surface area contributed by atoms with Gasteiger partial charge >= 0.3 is 0 Å². The van der Waals surface area contributed by atoms with Crippen molar-refractivity contribution in [1.29, 1.82) is 0 Å². The Hall–Kier alpha value is -1.55. The molecule has 0 spiro atoms. The fourth-order valence-corrected chi connectivity index (χ4v) is 1.58. The SMILES string of the molecule is Cc1ccc([C@@H](C)O)c(OCCC(=O)N(C)C)c1. The van der Waals surface area contributed by atoms with E-state index in [2.05, 4.69) is 0 Å². The van der Waals surface area contributed by atoms with Gasteiger partial charge in [-0.2, -0.15) is 0 Å². The van der Waals surface area contributed by atoms with Crippen LogP contribution in [0.5, 0.6) is 5.75 Å². The van der Waals surface area contributed by atoms with Gasteiger partial charge in [0.05, 0.1) is 19.1 Å². The molecule has 0 aromatic heterocycles. The molecule has 0 unspecified atom stereocenters. The third kappa shape index (κ3) is 4.04. The highest BCUT2D eigenvalue weighted by molar-refractivity contribution is 5.75. The molecule has 0 saturated carbocycles. The quantitative estimate of drug-likeness (QED) is 0.869. The molecule has 0 aliphatic heterocycles. The average molecular weight is 251 g/mol. The van der Waals surface area contributed by atoms with E-state index in [9.17, 15) is 9.90 Å². The average Bonchev–Trinajstić information content (AvgIpc) is 2.28. The molecular weight excluding hydrogens is 230 g/mol. The maximum Gasteiger partial charge on any atom is 0.225 e. The third-order valence-corrected chi connectivity index (χ3v) is 2.69. The van der Waals surface area contributed by atoms with Crippen molar-refractivity contribution in [3.05, 3.63) is 29.3 Å². The van der Waals surface area contributed by atoms with Gasteiger partial charge in [-0.3, -0.25) is 4.79 Å². The van der Waals surface area contributed by atoms with Crippen LogP contribution >= 0.6 is 0 Å². The number of hydrogen-bond donors (Lipinski definition) is 1. The van der Waals surface area contributed by atoms with Gasteiger partial charge in [-0.1, -0.05) is 12.1 Å². The lowest BCUT2D eigenvalue weighted by atomic mass is 10.1. The molecule has 0 heterocycles. The first kappa shape index (κ1) is 14.5. The zero-order valence-corrected chi connectivity index (χ0v) is 11.4. The summed E-state index contributed by atoms with van der Waals surface area (Å²) in [6.07, 6.45) is -0.245. The van der Waals surface area contributed by atoms with Crippen LogP contribution in [0.2, 0.25) is 0 Å². The normalized spacial score (nSPS) is 12.1. The van der Waals surface area contributed by atoms with Crippen LogP contribution < -0.4 is 4.74 Å². The number of hydrogen-bond acceptors (Lipinski definition) is 3. The lowest BCUT2D eigenvalue weighted by Crippen LogP contribution is -2.23. The molecule has 1 rings (SSSR count). The van der Waals surface area contributed by atoms with Crippen molar-refractivity contribution in [2.45, 2.75) is 26.4 Å². The maximum atomic E-state index is 11.4. The first-order chi connectivity index (χ1) is 8.41. The molecule has 0 radical (unpaired) electrons. The Morgan fingerprint density at radius 3 is 2.67 bits per heavy atom. The van der Waals surface area contributed by atoms with Gasteiger partial charge in [-0.15, -0.1) is 0 Å². The minimum absolute atomic E-state index is 0.0289. The van der Waals surface area contributed by atoms with Crippen molar-refractivity contribution in [2.24, 2.45) is 0 Å². The summed E-state index contributed by atoms with van der Waals surface area (Å²) in [5, 5.41) is 9.64. The molecule has 1 aromatic rings. The third-order valence-electron chi connectivity index (χ3n) is 2.69. The number of rotatable bonds is 5. The van der Waals surface area contributed by atoms with Crippen LogP contribution in [-0.4, -0.2) is 36.6 Å². The Bertz CT molecular complexity index is 414.